The number of nitrogens with one attached hydrogen (secondary N) is 1. The summed E-state index contributed by atoms with van der Waals surface area (Å²) in [6.07, 6.45) is 0.885. The predicted octanol–water partition coefficient (Wildman–Crippen LogP) is 9.45. The second kappa shape index (κ2) is 18.3. The van der Waals surface area contributed by atoms with E-state index in [0.717, 1.165) is 39.1 Å². The van der Waals surface area contributed by atoms with Crippen LogP contribution >= 0.6 is 23.2 Å². The third kappa shape index (κ3) is 10.5. The molecule has 2 aliphatic rings. The normalized spacial score (nSPS) is 16.2. The zero-order chi connectivity index (χ0) is 43.4. The lowest BCUT2D eigenvalue weighted by atomic mass is 9.92. The minimum absolute atomic E-state index is 0.0509. The van der Waals surface area contributed by atoms with Crippen LogP contribution in [-0.4, -0.2) is 59.3 Å². The molecule has 0 saturated heterocycles. The van der Waals surface area contributed by atoms with Gasteiger partial charge in [-0.15, -0.1) is 0 Å². The fourth-order valence-electron chi connectivity index (χ4n) is 7.02. The molecule has 14 heteroatoms. The number of ether oxygens (including phenoxy) is 6. The van der Waals surface area contributed by atoms with Crippen LogP contribution in [0.25, 0.3) is 0 Å². The Labute approximate surface area is 365 Å². The van der Waals surface area contributed by atoms with Gasteiger partial charge in [-0.2, -0.15) is 0 Å². The Balaban J connectivity index is 1.05. The molecule has 3 heterocycles. The van der Waals surface area contributed by atoms with Crippen molar-refractivity contribution >= 4 is 41.2 Å². The number of carbonyl (C=O) groups excluding carboxylic acids is 3. The third-order valence-electron chi connectivity index (χ3n) is 10.4. The van der Waals surface area contributed by atoms with Crippen LogP contribution in [0, 0.1) is 13.8 Å². The predicted molar refractivity (Wildman–Crippen MR) is 230 cm³/mol. The number of benzene rings is 4. The smallest absolute Gasteiger partial charge is 0.411 e. The van der Waals surface area contributed by atoms with Gasteiger partial charge in [0.15, 0.2) is 17.6 Å². The molecule has 0 radical (unpaired) electrons. The van der Waals surface area contributed by atoms with Crippen molar-refractivity contribution in [2.45, 2.75) is 84.4 Å². The highest BCUT2D eigenvalue weighted by molar-refractivity contribution is 6.42. The number of halogens is 2. The van der Waals surface area contributed by atoms with Crippen LogP contribution in [-0.2, 0) is 45.1 Å². The van der Waals surface area contributed by atoms with Crippen LogP contribution in [0.15, 0.2) is 91.1 Å². The molecule has 2 amide bonds. The molecule has 5 aromatic rings. The summed E-state index contributed by atoms with van der Waals surface area (Å²) in [6.45, 7) is 9.76. The lowest BCUT2D eigenvalue weighted by Crippen LogP contribution is -2.56. The van der Waals surface area contributed by atoms with Gasteiger partial charge in [-0.1, -0.05) is 53.5 Å². The Morgan fingerprint density at radius 2 is 1.59 bits per heavy atom. The van der Waals surface area contributed by atoms with Crippen molar-refractivity contribution in [3.63, 3.8) is 0 Å². The van der Waals surface area contributed by atoms with E-state index in [9.17, 15) is 14.4 Å². The number of fused-ring (bicyclic) bond motifs is 2. The fraction of sp³-hybridized carbons (Fsp3) is 0.319. The van der Waals surface area contributed by atoms with Gasteiger partial charge in [0, 0.05) is 30.3 Å². The van der Waals surface area contributed by atoms with Crippen molar-refractivity contribution in [2.75, 3.05) is 13.7 Å². The molecular formula is C47H47Cl2N3O9. The van der Waals surface area contributed by atoms with E-state index in [0.29, 0.717) is 45.4 Å². The average molecular weight is 869 g/mol. The van der Waals surface area contributed by atoms with Gasteiger partial charge in [0.05, 0.1) is 23.7 Å². The number of aromatic nitrogens is 1. The van der Waals surface area contributed by atoms with E-state index in [1.165, 1.54) is 12.0 Å². The molecule has 12 nitrogen and oxygen atoms in total. The highest BCUT2D eigenvalue weighted by Crippen LogP contribution is 2.41. The molecule has 0 bridgehead atoms. The Hall–Kier alpha value is -5.98. The maximum absolute atomic E-state index is 14.2. The summed E-state index contributed by atoms with van der Waals surface area (Å²) in [5.41, 5.74) is 5.08. The highest BCUT2D eigenvalue weighted by Gasteiger charge is 2.40. The van der Waals surface area contributed by atoms with Gasteiger partial charge in [0.2, 0.25) is 5.91 Å². The van der Waals surface area contributed by atoms with Crippen LogP contribution < -0.4 is 24.3 Å². The van der Waals surface area contributed by atoms with Gasteiger partial charge in [-0.25, -0.2) is 9.59 Å². The van der Waals surface area contributed by atoms with Gasteiger partial charge in [-0.3, -0.25) is 14.7 Å². The van der Waals surface area contributed by atoms with Crippen molar-refractivity contribution in [3.05, 3.63) is 140 Å². The molecule has 0 spiro atoms. The van der Waals surface area contributed by atoms with E-state index >= 15 is 0 Å². The van der Waals surface area contributed by atoms with Crippen molar-refractivity contribution in [1.82, 2.24) is 15.2 Å². The molecule has 3 atom stereocenters. The number of pyridine rings is 1. The highest BCUT2D eigenvalue weighted by atomic mass is 35.5. The van der Waals surface area contributed by atoms with Crippen molar-refractivity contribution in [2.24, 2.45) is 0 Å². The van der Waals surface area contributed by atoms with Gasteiger partial charge in [-0.05, 0) is 117 Å². The molecule has 61 heavy (non-hydrogen) atoms. The van der Waals surface area contributed by atoms with Crippen LogP contribution in [0.4, 0.5) is 4.79 Å². The Morgan fingerprint density at radius 1 is 0.885 bits per heavy atom. The van der Waals surface area contributed by atoms with Gasteiger partial charge in [0.1, 0.15) is 48.1 Å². The Bertz CT molecular complexity index is 2420. The van der Waals surface area contributed by atoms with Crippen LogP contribution in [0.1, 0.15) is 65.9 Å². The van der Waals surface area contributed by atoms with Crippen LogP contribution in [0.3, 0.4) is 0 Å². The van der Waals surface area contributed by atoms with E-state index in [2.05, 4.69) is 10.3 Å². The van der Waals surface area contributed by atoms with Crippen LogP contribution in [0.2, 0.25) is 10.0 Å². The molecule has 4 aromatic carbocycles. The maximum atomic E-state index is 14.2. The minimum atomic E-state index is -1.04. The number of aryl methyl sites for hydroxylation is 1. The summed E-state index contributed by atoms with van der Waals surface area (Å²) in [4.78, 5) is 46.7. The van der Waals surface area contributed by atoms with E-state index < -0.39 is 41.8 Å². The molecule has 0 aliphatic carbocycles. The molecule has 1 aromatic heterocycles. The molecule has 0 saturated carbocycles. The van der Waals surface area contributed by atoms with Gasteiger partial charge < -0.3 is 33.7 Å². The summed E-state index contributed by atoms with van der Waals surface area (Å²) in [7, 11) is 1.27. The third-order valence-corrected chi connectivity index (χ3v) is 11.2. The first kappa shape index (κ1) is 43.1. The lowest BCUT2D eigenvalue weighted by molar-refractivity contribution is -0.145. The van der Waals surface area contributed by atoms with Gasteiger partial charge >= 0.3 is 12.1 Å². The van der Waals surface area contributed by atoms with Crippen molar-refractivity contribution < 1.29 is 42.8 Å². The molecule has 2 aliphatic heterocycles. The standard InChI is InChI=1S/C47H47Cl2N3O9/c1-27-28(2)50-18-17-40(27)59-35-12-7-29(8-13-35)20-38(45(54)56-6)51-44(53)39-21-32-22-41-42(23-33(32)24-52(39)46(55)61-47(3,4)5)60-43(26-58-41)31-10-14-34(15-11-31)57-25-30-9-16-36(48)37(49)19-30/h7-19,22-23,38-39,43H,20-21,24-26H2,1-6H3,(H,51,53)/t38-,39-,43+/m0/s1. The first-order chi connectivity index (χ1) is 29.1. The lowest BCUT2D eigenvalue weighted by Gasteiger charge is -2.38. The summed E-state index contributed by atoms with van der Waals surface area (Å²) >= 11 is 12.2. The summed E-state index contributed by atoms with van der Waals surface area (Å²) in [5.74, 6) is 1.84. The number of hydrogen-bond donors (Lipinski definition) is 1. The van der Waals surface area contributed by atoms with E-state index in [1.54, 1.807) is 57.3 Å². The second-order valence-electron chi connectivity index (χ2n) is 16.0. The molecule has 1 N–H and O–H groups in total. The first-order valence-corrected chi connectivity index (χ1v) is 20.6. The number of nitrogens with zero attached hydrogens (tertiary/aromatic N) is 2. The summed E-state index contributed by atoms with van der Waals surface area (Å²) in [5, 5.41) is 3.82. The topological polar surface area (TPSA) is 135 Å². The molecule has 0 unspecified atom stereocenters. The number of amides is 2. The first-order valence-electron chi connectivity index (χ1n) is 19.8. The minimum Gasteiger partial charge on any atom is -0.489 e. The van der Waals surface area contributed by atoms with E-state index in [1.807, 2.05) is 68.4 Å². The molecule has 7 rings (SSSR count). The zero-order valence-corrected chi connectivity index (χ0v) is 36.3. The average Bonchev–Trinajstić information content (AvgIpc) is 3.24. The zero-order valence-electron chi connectivity index (χ0n) is 34.8. The van der Waals surface area contributed by atoms with E-state index in [4.69, 9.17) is 51.6 Å². The SMILES string of the molecule is COC(=O)[C@H](Cc1ccc(Oc2ccnc(C)c2C)cc1)NC(=O)[C@@H]1Cc2cc3c(cc2CN1C(=O)OC(C)(C)C)O[C@@H](c1ccc(OCc2ccc(Cl)c(Cl)c2)cc1)CO3. The Morgan fingerprint density at radius 3 is 2.30 bits per heavy atom. The summed E-state index contributed by atoms with van der Waals surface area (Å²) < 4.78 is 35.6. The molecule has 318 valence electrons. The number of carbonyl (C=O) groups is 3. The number of rotatable bonds is 11. The molecule has 0 fully saturated rings. The van der Waals surface area contributed by atoms with Crippen molar-refractivity contribution in [3.8, 4) is 28.7 Å². The summed E-state index contributed by atoms with van der Waals surface area (Å²) in [6, 6.07) is 23.6. The van der Waals surface area contributed by atoms with Crippen LogP contribution in [0.5, 0.6) is 28.7 Å². The fourth-order valence-corrected chi connectivity index (χ4v) is 7.34. The quantitative estimate of drug-likeness (QED) is 0.128. The number of hydrogen-bond acceptors (Lipinski definition) is 10. The number of esters is 1. The maximum Gasteiger partial charge on any atom is 0.411 e. The Kier molecular flexibility index (Phi) is 13.0. The van der Waals surface area contributed by atoms with Gasteiger partial charge in [0.25, 0.3) is 0 Å². The monoisotopic (exact) mass is 867 g/mol. The van der Waals surface area contributed by atoms with E-state index in [-0.39, 0.29) is 26.0 Å². The second-order valence-corrected chi connectivity index (χ2v) is 16.8. The number of methoxy groups -OCH3 is 1. The largest absolute Gasteiger partial charge is 0.489 e. The van der Waals surface area contributed by atoms with Crippen molar-refractivity contribution in [1.29, 1.82) is 0 Å². The molecular weight excluding hydrogens is 821 g/mol.